The van der Waals surface area contributed by atoms with Crippen molar-refractivity contribution in [3.05, 3.63) is 65.2 Å². The highest BCUT2D eigenvalue weighted by Gasteiger charge is 2.17. The molecule has 3 rings (SSSR count). The second-order valence-electron chi connectivity index (χ2n) is 7.19. The minimum Gasteiger partial charge on any atom is -0.467 e. The van der Waals surface area contributed by atoms with Crippen LogP contribution in [0.5, 0.6) is 11.5 Å². The second kappa shape index (κ2) is 13.9. The molecule has 13 heteroatoms. The Morgan fingerprint density at radius 3 is 2.54 bits per heavy atom. The van der Waals surface area contributed by atoms with E-state index >= 15 is 0 Å². The lowest BCUT2D eigenvalue weighted by molar-refractivity contribution is -0.211. The maximum atomic E-state index is 9.78. The van der Waals surface area contributed by atoms with Gasteiger partial charge in [-0.05, 0) is 31.2 Å². The van der Waals surface area contributed by atoms with Crippen LogP contribution in [0.4, 0.5) is 23.0 Å². The van der Waals surface area contributed by atoms with Crippen molar-refractivity contribution in [3.8, 4) is 23.6 Å². The van der Waals surface area contributed by atoms with Crippen LogP contribution in [0.2, 0.25) is 0 Å². The number of hydrogen-bond acceptors (Lipinski definition) is 13. The minimum atomic E-state index is -0.163. The molecule has 1 heterocycles. The molecule has 2 aromatic carbocycles. The number of nitrogens with zero attached hydrogens (tertiary/aromatic N) is 5. The van der Waals surface area contributed by atoms with Crippen molar-refractivity contribution < 1.29 is 24.5 Å². The smallest absolute Gasteiger partial charge is 0.191 e. The summed E-state index contributed by atoms with van der Waals surface area (Å²) in [5.74, 6) is 6.27. The lowest BCUT2D eigenvalue weighted by atomic mass is 10.1. The van der Waals surface area contributed by atoms with E-state index in [4.69, 9.17) is 20.3 Å². The molecule has 37 heavy (non-hydrogen) atoms. The number of ether oxygens (including phenoxy) is 2. The first-order valence-electron chi connectivity index (χ1n) is 10.9. The van der Waals surface area contributed by atoms with E-state index < -0.39 is 0 Å². The molecule has 0 saturated heterocycles. The average molecular weight is 505 g/mol. The van der Waals surface area contributed by atoms with Gasteiger partial charge in [0.2, 0.25) is 0 Å². The maximum absolute atomic E-state index is 9.78. The van der Waals surface area contributed by atoms with Crippen molar-refractivity contribution in [2.45, 2.75) is 6.92 Å². The first-order chi connectivity index (χ1) is 18.1. The van der Waals surface area contributed by atoms with Gasteiger partial charge in [0.25, 0.3) is 0 Å². The fourth-order valence-corrected chi connectivity index (χ4v) is 3.07. The van der Waals surface area contributed by atoms with Crippen LogP contribution < -0.4 is 26.2 Å². The number of anilines is 2. The zero-order valence-corrected chi connectivity index (χ0v) is 19.8. The Balaban J connectivity index is 1.81. The summed E-state index contributed by atoms with van der Waals surface area (Å²) in [6, 6.07) is 17.7. The Morgan fingerprint density at radius 2 is 1.84 bits per heavy atom. The highest BCUT2D eigenvalue weighted by atomic mass is 17.3. The van der Waals surface area contributed by atoms with Crippen molar-refractivity contribution in [3.63, 3.8) is 0 Å². The predicted octanol–water partition coefficient (Wildman–Crippen LogP) is 3.56. The third kappa shape index (κ3) is 7.35. The third-order valence-corrected chi connectivity index (χ3v) is 4.82. The number of nitriles is 2. The van der Waals surface area contributed by atoms with E-state index in [1.165, 1.54) is 18.2 Å². The van der Waals surface area contributed by atoms with Gasteiger partial charge in [0.05, 0.1) is 17.7 Å². The first kappa shape index (κ1) is 26.8. The summed E-state index contributed by atoms with van der Waals surface area (Å²) in [6.45, 7) is 1.70. The third-order valence-electron chi connectivity index (χ3n) is 4.82. The lowest BCUT2D eigenvalue weighted by Gasteiger charge is -2.15. The summed E-state index contributed by atoms with van der Waals surface area (Å²) in [4.78, 5) is 13.3. The largest absolute Gasteiger partial charge is 0.467 e. The van der Waals surface area contributed by atoms with Crippen molar-refractivity contribution in [1.82, 2.24) is 4.98 Å². The molecule has 3 aromatic rings. The van der Waals surface area contributed by atoms with Gasteiger partial charge in [0.15, 0.2) is 18.4 Å². The Bertz CT molecular complexity index is 1310. The van der Waals surface area contributed by atoms with Crippen LogP contribution in [0.25, 0.3) is 0 Å². The van der Waals surface area contributed by atoms with E-state index in [0.29, 0.717) is 11.3 Å². The lowest BCUT2D eigenvalue weighted by Crippen LogP contribution is -2.15. The Kier molecular flexibility index (Phi) is 10.1. The number of para-hydroxylation sites is 1. The molecule has 0 fully saturated rings. The van der Waals surface area contributed by atoms with Gasteiger partial charge in [-0.1, -0.05) is 23.2 Å². The van der Waals surface area contributed by atoms with Gasteiger partial charge in [0, 0.05) is 18.2 Å². The van der Waals surface area contributed by atoms with E-state index in [-0.39, 0.29) is 66.6 Å². The van der Waals surface area contributed by atoms with Crippen LogP contribution in [-0.4, -0.2) is 36.8 Å². The number of nitrogens with one attached hydrogen (secondary N) is 2. The molecule has 0 aliphatic rings. The van der Waals surface area contributed by atoms with Gasteiger partial charge in [-0.15, -0.1) is 10.2 Å². The number of nitrogens with two attached hydrogens (primary N) is 1. The summed E-state index contributed by atoms with van der Waals surface area (Å²) in [5, 5.41) is 42.8. The van der Waals surface area contributed by atoms with E-state index in [0.717, 1.165) is 0 Å². The quantitative estimate of drug-likeness (QED) is 0.0874. The number of rotatable bonds is 13. The van der Waals surface area contributed by atoms with Crippen molar-refractivity contribution >= 4 is 23.0 Å². The molecule has 0 saturated carbocycles. The average Bonchev–Trinajstić information content (AvgIpc) is 2.92. The highest BCUT2D eigenvalue weighted by Crippen LogP contribution is 2.35. The number of azo groups is 1. The van der Waals surface area contributed by atoms with Crippen molar-refractivity contribution in [2.75, 3.05) is 37.3 Å². The molecule has 0 radical (unpaired) electrons. The molecule has 190 valence electrons. The predicted molar refractivity (Wildman–Crippen MR) is 132 cm³/mol. The molecule has 0 spiro atoms. The molecule has 0 bridgehead atoms. The number of benzene rings is 2. The summed E-state index contributed by atoms with van der Waals surface area (Å²) < 4.78 is 10.9. The van der Waals surface area contributed by atoms with Gasteiger partial charge >= 0.3 is 0 Å². The van der Waals surface area contributed by atoms with Crippen LogP contribution in [0, 0.1) is 29.6 Å². The fraction of sp³-hybridized carbons (Fsp3) is 0.208. The van der Waals surface area contributed by atoms with Crippen LogP contribution in [0.1, 0.15) is 16.7 Å². The van der Waals surface area contributed by atoms with Crippen LogP contribution in [0.3, 0.4) is 0 Å². The number of pyridine rings is 1. The number of aliphatic hydroxyl groups excluding tert-OH is 1. The summed E-state index contributed by atoms with van der Waals surface area (Å²) in [6.07, 6.45) is 0. The molecule has 5 N–H and O–H groups in total. The van der Waals surface area contributed by atoms with Crippen molar-refractivity contribution in [1.29, 1.82) is 10.5 Å². The SMILES string of the molecule is Cc1c(C#N)c(NCOCOc2ccccc2)nc(NCCO)c1N=Nc1ccc(OON)cc1C#N. The second-order valence-corrected chi connectivity index (χ2v) is 7.19. The van der Waals surface area contributed by atoms with Gasteiger partial charge in [0.1, 0.15) is 41.8 Å². The Morgan fingerprint density at radius 1 is 1.03 bits per heavy atom. The number of aromatic nitrogens is 1. The van der Waals surface area contributed by atoms with Crippen molar-refractivity contribution in [2.24, 2.45) is 16.1 Å². The van der Waals surface area contributed by atoms with Crippen LogP contribution in [0.15, 0.2) is 58.8 Å². The van der Waals surface area contributed by atoms with E-state index in [1.54, 1.807) is 19.1 Å². The number of hydrogen-bond donors (Lipinski definition) is 4. The maximum Gasteiger partial charge on any atom is 0.191 e. The molecular formula is C24H24N8O5. The first-order valence-corrected chi connectivity index (χ1v) is 10.9. The molecule has 0 aliphatic heterocycles. The fourth-order valence-electron chi connectivity index (χ4n) is 3.07. The molecule has 0 aliphatic carbocycles. The zero-order valence-electron chi connectivity index (χ0n) is 19.8. The normalized spacial score (nSPS) is 10.5. The topological polar surface area (TPSA) is 192 Å². The standard InChI is InChI=1S/C24H24N8O5/c1-16-20(13-26)23(29-14-34-15-35-18-5-3-2-4-6-18)30-24(28-9-10-33)22(16)32-31-21-8-7-19(36-37-27)11-17(21)12-25/h2-8,11,33H,9-10,14-15,27H2,1H3,(H2,28,29,30). The minimum absolute atomic E-state index is 0.0116. The summed E-state index contributed by atoms with van der Waals surface area (Å²) in [7, 11) is 0. The van der Waals surface area contributed by atoms with Crippen LogP contribution in [-0.2, 0) is 9.73 Å². The molecule has 13 nitrogen and oxygen atoms in total. The molecular weight excluding hydrogens is 480 g/mol. The monoisotopic (exact) mass is 504 g/mol. The van der Waals surface area contributed by atoms with E-state index in [2.05, 4.69) is 36.9 Å². The Hall–Kier alpha value is -4.79. The summed E-state index contributed by atoms with van der Waals surface area (Å²) >= 11 is 0. The van der Waals surface area contributed by atoms with Gasteiger partial charge < -0.3 is 30.1 Å². The molecule has 0 amide bonds. The van der Waals surface area contributed by atoms with Gasteiger partial charge in [-0.3, -0.25) is 0 Å². The van der Waals surface area contributed by atoms with E-state index in [1.807, 2.05) is 24.3 Å². The summed E-state index contributed by atoms with van der Waals surface area (Å²) in [5.41, 5.74) is 1.35. The molecule has 0 unspecified atom stereocenters. The zero-order chi connectivity index (χ0) is 26.5. The number of aliphatic hydroxyl groups is 1. The highest BCUT2D eigenvalue weighted by molar-refractivity contribution is 5.74. The van der Waals surface area contributed by atoms with Gasteiger partial charge in [-0.25, -0.2) is 4.98 Å². The molecule has 0 atom stereocenters. The van der Waals surface area contributed by atoms with Crippen LogP contribution >= 0.6 is 0 Å². The van der Waals surface area contributed by atoms with Gasteiger partial charge in [-0.2, -0.15) is 16.4 Å². The molecule has 1 aromatic heterocycles. The Labute approximate surface area is 212 Å². The van der Waals surface area contributed by atoms with E-state index in [9.17, 15) is 15.6 Å².